The van der Waals surface area contributed by atoms with Gasteiger partial charge >= 0.3 is 0 Å². The lowest BCUT2D eigenvalue weighted by Gasteiger charge is -2.38. The fourth-order valence-electron chi connectivity index (χ4n) is 3.77. The van der Waals surface area contributed by atoms with E-state index in [1.807, 2.05) is 57.2 Å². The summed E-state index contributed by atoms with van der Waals surface area (Å²) in [5, 5.41) is 4.48. The fraction of sp³-hybridized carbons (Fsp3) is 0.478. The Labute approximate surface area is 183 Å². The van der Waals surface area contributed by atoms with Gasteiger partial charge in [0.2, 0.25) is 5.91 Å². The summed E-state index contributed by atoms with van der Waals surface area (Å²) >= 11 is 12.6. The Bertz CT molecular complexity index is 836. The first kappa shape index (κ1) is 22.1. The van der Waals surface area contributed by atoms with Gasteiger partial charge in [0.05, 0.1) is 21.8 Å². The SMILES string of the molecule is CC(C)(C)C(=O)N[C@@H](c1ccccn1)[C@H]1CCCN(Cc2cccc(Cl)c2Cl)C1. The van der Waals surface area contributed by atoms with Gasteiger partial charge in [-0.15, -0.1) is 0 Å². The second-order valence-corrected chi connectivity index (χ2v) is 9.59. The molecule has 2 aromatic rings. The van der Waals surface area contributed by atoms with Gasteiger partial charge in [-0.05, 0) is 49.1 Å². The van der Waals surface area contributed by atoms with E-state index < -0.39 is 5.41 Å². The Balaban J connectivity index is 1.78. The summed E-state index contributed by atoms with van der Waals surface area (Å²) in [7, 11) is 0. The zero-order chi connectivity index (χ0) is 21.0. The highest BCUT2D eigenvalue weighted by Gasteiger charge is 2.33. The van der Waals surface area contributed by atoms with Crippen molar-refractivity contribution < 1.29 is 4.79 Å². The van der Waals surface area contributed by atoms with Crippen LogP contribution in [0.3, 0.4) is 0 Å². The summed E-state index contributed by atoms with van der Waals surface area (Å²) in [6.07, 6.45) is 3.90. The average Bonchev–Trinajstić information content (AvgIpc) is 2.69. The highest BCUT2D eigenvalue weighted by Crippen LogP contribution is 2.32. The molecular weight excluding hydrogens is 405 g/mol. The molecule has 1 aliphatic heterocycles. The van der Waals surface area contributed by atoms with Gasteiger partial charge in [-0.25, -0.2) is 0 Å². The zero-order valence-electron chi connectivity index (χ0n) is 17.3. The van der Waals surface area contributed by atoms with E-state index in [4.69, 9.17) is 23.2 Å². The molecule has 0 saturated carbocycles. The minimum Gasteiger partial charge on any atom is -0.347 e. The summed E-state index contributed by atoms with van der Waals surface area (Å²) in [5.74, 6) is 0.325. The Morgan fingerprint density at radius 2 is 2.03 bits per heavy atom. The van der Waals surface area contributed by atoms with Gasteiger partial charge in [-0.1, -0.05) is 62.2 Å². The molecule has 1 aliphatic rings. The summed E-state index contributed by atoms with van der Waals surface area (Å²) in [4.78, 5) is 19.7. The number of carbonyl (C=O) groups is 1. The molecule has 1 fully saturated rings. The van der Waals surface area contributed by atoms with Crippen LogP contribution in [0.5, 0.6) is 0 Å². The lowest BCUT2D eigenvalue weighted by molar-refractivity contribution is -0.130. The van der Waals surface area contributed by atoms with Gasteiger partial charge in [0.15, 0.2) is 0 Å². The number of nitrogens with one attached hydrogen (secondary N) is 1. The maximum atomic E-state index is 12.8. The molecule has 6 heteroatoms. The molecule has 0 spiro atoms. The van der Waals surface area contributed by atoms with Crippen molar-refractivity contribution in [2.75, 3.05) is 13.1 Å². The van der Waals surface area contributed by atoms with Gasteiger partial charge in [0, 0.05) is 24.7 Å². The number of aromatic nitrogens is 1. The number of rotatable bonds is 5. The number of carbonyl (C=O) groups excluding carboxylic acids is 1. The van der Waals surface area contributed by atoms with E-state index in [0.717, 1.165) is 43.7 Å². The van der Waals surface area contributed by atoms with E-state index >= 15 is 0 Å². The molecule has 29 heavy (non-hydrogen) atoms. The molecular formula is C23H29Cl2N3O. The van der Waals surface area contributed by atoms with Crippen LogP contribution in [0.4, 0.5) is 0 Å². The Morgan fingerprint density at radius 3 is 2.72 bits per heavy atom. The van der Waals surface area contributed by atoms with Crippen molar-refractivity contribution in [1.82, 2.24) is 15.2 Å². The molecule has 2 atom stereocenters. The maximum absolute atomic E-state index is 12.8. The van der Waals surface area contributed by atoms with Crippen LogP contribution in [0, 0.1) is 11.3 Å². The molecule has 0 bridgehead atoms. The van der Waals surface area contributed by atoms with E-state index in [1.165, 1.54) is 0 Å². The van der Waals surface area contributed by atoms with E-state index in [0.29, 0.717) is 10.0 Å². The van der Waals surface area contributed by atoms with Crippen molar-refractivity contribution in [2.24, 2.45) is 11.3 Å². The molecule has 156 valence electrons. The second kappa shape index (κ2) is 9.46. The standard InChI is InChI=1S/C23H29Cl2N3O/c1-23(2,3)22(29)27-21(19-11-4-5-12-26-19)17-9-7-13-28(15-17)14-16-8-6-10-18(24)20(16)25/h4-6,8,10-12,17,21H,7,9,13-15H2,1-3H3,(H,27,29)/t17-,21+/m0/s1. The first-order chi connectivity index (χ1) is 13.8. The highest BCUT2D eigenvalue weighted by atomic mass is 35.5. The molecule has 4 nitrogen and oxygen atoms in total. The summed E-state index contributed by atoms with van der Waals surface area (Å²) in [5.41, 5.74) is 1.50. The predicted molar refractivity (Wildman–Crippen MR) is 119 cm³/mol. The number of benzene rings is 1. The second-order valence-electron chi connectivity index (χ2n) is 8.81. The molecule has 1 aromatic heterocycles. The molecule has 2 heterocycles. The lowest BCUT2D eigenvalue weighted by Crippen LogP contribution is -2.45. The van der Waals surface area contributed by atoms with Crippen LogP contribution in [0.2, 0.25) is 10.0 Å². The molecule has 0 unspecified atom stereocenters. The van der Waals surface area contributed by atoms with Crippen LogP contribution in [0.15, 0.2) is 42.6 Å². The fourth-order valence-corrected chi connectivity index (χ4v) is 4.15. The third-order valence-corrected chi connectivity index (χ3v) is 6.27. The van der Waals surface area contributed by atoms with E-state index in [-0.39, 0.29) is 17.9 Å². The van der Waals surface area contributed by atoms with Gasteiger partial charge in [0.25, 0.3) is 0 Å². The number of hydrogen-bond donors (Lipinski definition) is 1. The van der Waals surface area contributed by atoms with Crippen LogP contribution in [0.25, 0.3) is 0 Å². The Hall–Kier alpha value is -1.62. The highest BCUT2D eigenvalue weighted by molar-refractivity contribution is 6.42. The van der Waals surface area contributed by atoms with E-state index in [1.54, 1.807) is 6.20 Å². The van der Waals surface area contributed by atoms with E-state index in [2.05, 4.69) is 15.2 Å². The molecule has 1 amide bonds. The van der Waals surface area contributed by atoms with Crippen molar-refractivity contribution in [3.63, 3.8) is 0 Å². The number of amides is 1. The third kappa shape index (κ3) is 5.71. The normalized spacial score (nSPS) is 19.0. The summed E-state index contributed by atoms with van der Waals surface area (Å²) in [6.45, 7) is 8.43. The van der Waals surface area contributed by atoms with Crippen molar-refractivity contribution in [3.8, 4) is 0 Å². The minimum absolute atomic E-state index is 0.0446. The molecule has 1 N–H and O–H groups in total. The molecule has 3 rings (SSSR count). The number of pyridine rings is 1. The van der Waals surface area contributed by atoms with E-state index in [9.17, 15) is 4.79 Å². The number of nitrogens with zero attached hydrogens (tertiary/aromatic N) is 2. The molecule has 1 saturated heterocycles. The minimum atomic E-state index is -0.449. The Morgan fingerprint density at radius 1 is 1.24 bits per heavy atom. The Kier molecular flexibility index (Phi) is 7.20. The van der Waals surface area contributed by atoms with Crippen molar-refractivity contribution in [1.29, 1.82) is 0 Å². The number of halogens is 2. The predicted octanol–water partition coefficient (Wildman–Crippen LogP) is 5.50. The van der Waals surface area contributed by atoms with Crippen LogP contribution >= 0.6 is 23.2 Å². The van der Waals surface area contributed by atoms with Gasteiger partial charge in [-0.3, -0.25) is 14.7 Å². The van der Waals surface area contributed by atoms with Crippen LogP contribution in [-0.4, -0.2) is 28.9 Å². The first-order valence-electron chi connectivity index (χ1n) is 10.1. The summed E-state index contributed by atoms with van der Waals surface area (Å²) in [6, 6.07) is 11.5. The van der Waals surface area contributed by atoms with Crippen LogP contribution < -0.4 is 5.32 Å². The zero-order valence-corrected chi connectivity index (χ0v) is 18.8. The quantitative estimate of drug-likeness (QED) is 0.676. The summed E-state index contributed by atoms with van der Waals surface area (Å²) < 4.78 is 0. The topological polar surface area (TPSA) is 45.2 Å². The third-order valence-electron chi connectivity index (χ3n) is 5.41. The molecule has 1 aromatic carbocycles. The largest absolute Gasteiger partial charge is 0.347 e. The maximum Gasteiger partial charge on any atom is 0.225 e. The van der Waals surface area contributed by atoms with Gasteiger partial charge in [0.1, 0.15) is 0 Å². The number of likely N-dealkylation sites (tertiary alicyclic amines) is 1. The average molecular weight is 434 g/mol. The number of hydrogen-bond acceptors (Lipinski definition) is 3. The number of piperidine rings is 1. The first-order valence-corrected chi connectivity index (χ1v) is 10.9. The van der Waals surface area contributed by atoms with Gasteiger partial charge < -0.3 is 5.32 Å². The van der Waals surface area contributed by atoms with Crippen LogP contribution in [0.1, 0.15) is 50.9 Å². The van der Waals surface area contributed by atoms with Crippen LogP contribution in [-0.2, 0) is 11.3 Å². The van der Waals surface area contributed by atoms with Crippen molar-refractivity contribution >= 4 is 29.1 Å². The monoisotopic (exact) mass is 433 g/mol. The molecule has 0 aliphatic carbocycles. The van der Waals surface area contributed by atoms with Crippen molar-refractivity contribution in [2.45, 2.75) is 46.2 Å². The smallest absolute Gasteiger partial charge is 0.225 e. The van der Waals surface area contributed by atoms with Gasteiger partial charge in [-0.2, -0.15) is 0 Å². The lowest BCUT2D eigenvalue weighted by atomic mass is 9.86. The molecule has 0 radical (unpaired) electrons. The van der Waals surface area contributed by atoms with Crippen molar-refractivity contribution in [3.05, 3.63) is 63.9 Å².